The quantitative estimate of drug-likeness (QED) is 0.0498. The zero-order valence-electron chi connectivity index (χ0n) is 19.7. The molecule has 0 fully saturated rings. The average molecular weight is 525 g/mol. The molecule has 200 valence electrons. The molecule has 0 saturated heterocycles. The first-order valence-corrected chi connectivity index (χ1v) is 13.8. The Morgan fingerprint density at radius 2 is 1.33 bits per heavy atom. The highest BCUT2D eigenvalue weighted by molar-refractivity contribution is 7.53. The summed E-state index contributed by atoms with van der Waals surface area (Å²) < 4.78 is 54.9. The van der Waals surface area contributed by atoms with Gasteiger partial charge in [0.25, 0.3) is 0 Å². The number of likely N-dealkylation sites (N-methyl/N-ethyl adjacent to an activating group) is 1. The Hall–Kier alpha value is -0.0200. The number of rotatable bonds is 23. The normalized spacial score (nSPS) is 16.8. The van der Waals surface area contributed by atoms with E-state index in [4.69, 9.17) is 33.8 Å². The Kier molecular flexibility index (Phi) is 19.2. The Morgan fingerprint density at radius 1 is 0.848 bits per heavy atom. The van der Waals surface area contributed by atoms with Gasteiger partial charge >= 0.3 is 15.3 Å². The molecule has 33 heavy (non-hydrogen) atoms. The van der Waals surface area contributed by atoms with Gasteiger partial charge in [0.1, 0.15) is 6.10 Å². The van der Waals surface area contributed by atoms with Crippen LogP contribution in [0.5, 0.6) is 0 Å². The standard InChI is InChI=1S/C17H41N3O11P2/c1-16(2)32(22,23)30-13-12-28-9-8-26-6-7-27-10-11-29-14-17(21)15-31-33(24,25)20(18)5-4-19-3/h16-17,19,21H,4-15,18H2,1-3H3,(H,22,23)(H,24,25). The first-order valence-electron chi connectivity index (χ1n) is 10.6. The van der Waals surface area contributed by atoms with Gasteiger partial charge in [-0.15, -0.1) is 4.78 Å². The van der Waals surface area contributed by atoms with E-state index in [-0.39, 0.29) is 39.6 Å². The van der Waals surface area contributed by atoms with Crippen molar-refractivity contribution < 1.29 is 52.0 Å². The molecule has 0 rings (SSSR count). The molecule has 0 aromatic rings. The maximum Gasteiger partial charge on any atom is 0.418 e. The van der Waals surface area contributed by atoms with Crippen LogP contribution < -0.4 is 11.2 Å². The van der Waals surface area contributed by atoms with Crippen molar-refractivity contribution in [3.05, 3.63) is 0 Å². The highest BCUT2D eigenvalue weighted by Crippen LogP contribution is 2.46. The Bertz CT molecular complexity index is 574. The molecular weight excluding hydrogens is 484 g/mol. The molecule has 0 saturated carbocycles. The van der Waals surface area contributed by atoms with Gasteiger partial charge in [-0.05, 0) is 7.05 Å². The van der Waals surface area contributed by atoms with Crippen LogP contribution in [0.15, 0.2) is 0 Å². The van der Waals surface area contributed by atoms with Crippen molar-refractivity contribution in [1.82, 2.24) is 10.1 Å². The van der Waals surface area contributed by atoms with Crippen molar-refractivity contribution in [2.24, 2.45) is 5.84 Å². The largest absolute Gasteiger partial charge is 0.418 e. The number of ether oxygens (including phenoxy) is 4. The molecule has 0 aliphatic carbocycles. The number of aliphatic hydroxyl groups is 1. The zero-order chi connectivity index (χ0) is 25.2. The Balaban J connectivity index is 3.50. The summed E-state index contributed by atoms with van der Waals surface area (Å²) in [5.74, 6) is 5.46. The third-order valence-corrected chi connectivity index (χ3v) is 7.13. The summed E-state index contributed by atoms with van der Waals surface area (Å²) in [6, 6.07) is 0. The van der Waals surface area contributed by atoms with Gasteiger partial charge in [-0.25, -0.2) is 4.57 Å². The molecule has 6 N–H and O–H groups in total. The van der Waals surface area contributed by atoms with Crippen LogP contribution in [0.1, 0.15) is 13.8 Å². The van der Waals surface area contributed by atoms with Crippen molar-refractivity contribution in [1.29, 1.82) is 0 Å². The number of nitrogens with one attached hydrogen (secondary N) is 1. The summed E-state index contributed by atoms with van der Waals surface area (Å²) in [6.07, 6.45) is -1.09. The molecular formula is C17H41N3O11P2. The smallest absolute Gasteiger partial charge is 0.388 e. The molecule has 0 heterocycles. The molecule has 0 aliphatic rings. The predicted octanol–water partition coefficient (Wildman–Crippen LogP) is -0.464. The minimum absolute atomic E-state index is 0.0390. The molecule has 0 radical (unpaired) electrons. The fourth-order valence-electron chi connectivity index (χ4n) is 1.91. The van der Waals surface area contributed by atoms with E-state index in [9.17, 15) is 24.0 Å². The summed E-state index contributed by atoms with van der Waals surface area (Å²) in [6.45, 7) is 5.33. The van der Waals surface area contributed by atoms with Crippen molar-refractivity contribution in [2.45, 2.75) is 25.6 Å². The van der Waals surface area contributed by atoms with E-state index in [1.807, 2.05) is 0 Å². The second-order valence-electron chi connectivity index (χ2n) is 7.11. The van der Waals surface area contributed by atoms with Gasteiger partial charge in [0.2, 0.25) is 0 Å². The summed E-state index contributed by atoms with van der Waals surface area (Å²) in [4.78, 5) is 19.2. The average Bonchev–Trinajstić information content (AvgIpc) is 2.76. The van der Waals surface area contributed by atoms with E-state index < -0.39 is 33.7 Å². The van der Waals surface area contributed by atoms with Crippen LogP contribution >= 0.6 is 15.3 Å². The molecule has 3 atom stereocenters. The van der Waals surface area contributed by atoms with E-state index in [1.165, 1.54) is 0 Å². The van der Waals surface area contributed by atoms with Crippen molar-refractivity contribution in [3.8, 4) is 0 Å². The minimum atomic E-state index is -4.17. The van der Waals surface area contributed by atoms with Crippen LogP contribution in [0.4, 0.5) is 0 Å². The number of nitrogens with two attached hydrogens (primary N) is 1. The van der Waals surface area contributed by atoms with Gasteiger partial charge in [0.15, 0.2) is 0 Å². The van der Waals surface area contributed by atoms with Crippen LogP contribution in [-0.4, -0.2) is 118 Å². The van der Waals surface area contributed by atoms with Crippen molar-refractivity contribution in [2.75, 3.05) is 86.2 Å². The third-order valence-electron chi connectivity index (χ3n) is 3.93. The van der Waals surface area contributed by atoms with E-state index in [1.54, 1.807) is 20.9 Å². The highest BCUT2D eigenvalue weighted by atomic mass is 31.2. The zero-order valence-corrected chi connectivity index (χ0v) is 21.5. The Labute approximate surface area is 195 Å². The van der Waals surface area contributed by atoms with E-state index in [2.05, 4.69) is 5.32 Å². The molecule has 0 aliphatic heterocycles. The number of hydrogen-bond donors (Lipinski definition) is 5. The predicted molar refractivity (Wildman–Crippen MR) is 121 cm³/mol. The van der Waals surface area contributed by atoms with Gasteiger partial charge in [-0.1, -0.05) is 13.8 Å². The molecule has 3 unspecified atom stereocenters. The van der Waals surface area contributed by atoms with Gasteiger partial charge in [-0.3, -0.25) is 14.9 Å². The lowest BCUT2D eigenvalue weighted by Gasteiger charge is -2.22. The van der Waals surface area contributed by atoms with Crippen LogP contribution in [0.3, 0.4) is 0 Å². The summed E-state index contributed by atoms with van der Waals surface area (Å²) >= 11 is 0. The van der Waals surface area contributed by atoms with Crippen LogP contribution in [0.25, 0.3) is 0 Å². The van der Waals surface area contributed by atoms with Gasteiger partial charge < -0.3 is 43.7 Å². The molecule has 0 bridgehead atoms. The molecule has 0 spiro atoms. The molecule has 14 nitrogen and oxygen atoms in total. The van der Waals surface area contributed by atoms with Crippen molar-refractivity contribution in [3.63, 3.8) is 0 Å². The molecule has 16 heteroatoms. The SMILES string of the molecule is CNCCN(N)P(=O)(O)OCC(O)COCCOCCOCCOCCOP(=O)(O)C(C)C. The number of hydrogen-bond acceptors (Lipinski definition) is 11. The maximum absolute atomic E-state index is 11.9. The first-order chi connectivity index (χ1) is 15.5. The topological polar surface area (TPSA) is 191 Å². The lowest BCUT2D eigenvalue weighted by atomic mass is 10.4. The summed E-state index contributed by atoms with van der Waals surface area (Å²) in [7, 11) is -6.05. The van der Waals surface area contributed by atoms with Crippen molar-refractivity contribution >= 4 is 15.3 Å². The fraction of sp³-hybridized carbons (Fsp3) is 1.00. The molecule has 0 amide bonds. The molecule has 0 aromatic carbocycles. The summed E-state index contributed by atoms with van der Waals surface area (Å²) in [5.41, 5.74) is -0.451. The minimum Gasteiger partial charge on any atom is -0.388 e. The number of aliphatic hydroxyl groups excluding tert-OH is 1. The van der Waals surface area contributed by atoms with E-state index in [0.717, 1.165) is 0 Å². The second-order valence-corrected chi connectivity index (χ2v) is 11.3. The van der Waals surface area contributed by atoms with Crippen LogP contribution in [0, 0.1) is 0 Å². The van der Waals surface area contributed by atoms with Gasteiger partial charge in [0, 0.05) is 13.1 Å². The monoisotopic (exact) mass is 525 g/mol. The third kappa shape index (κ3) is 18.0. The van der Waals surface area contributed by atoms with Crippen LogP contribution in [0.2, 0.25) is 0 Å². The fourth-order valence-corrected chi connectivity index (χ4v) is 3.41. The summed E-state index contributed by atoms with van der Waals surface area (Å²) in [5, 5.41) is 12.5. The maximum atomic E-state index is 11.9. The van der Waals surface area contributed by atoms with E-state index in [0.29, 0.717) is 37.8 Å². The second kappa shape index (κ2) is 19.2. The van der Waals surface area contributed by atoms with E-state index >= 15 is 0 Å². The highest BCUT2D eigenvalue weighted by Gasteiger charge is 2.27. The van der Waals surface area contributed by atoms with Crippen LogP contribution in [-0.2, 0) is 37.1 Å². The Morgan fingerprint density at radius 3 is 1.82 bits per heavy atom. The molecule has 0 aromatic heterocycles. The first kappa shape index (κ1) is 33.0. The number of nitrogens with zero attached hydrogens (tertiary/aromatic N) is 1. The lowest BCUT2D eigenvalue weighted by molar-refractivity contribution is -0.0268. The number of hydrazine groups is 1. The van der Waals surface area contributed by atoms with Gasteiger partial charge in [0.05, 0.1) is 71.7 Å². The van der Waals surface area contributed by atoms with Gasteiger partial charge in [-0.2, -0.15) is 0 Å². The lowest BCUT2D eigenvalue weighted by Crippen LogP contribution is -2.35.